The van der Waals surface area contributed by atoms with E-state index in [-0.39, 0.29) is 11.3 Å². The minimum Gasteiger partial charge on any atom is -0.456 e. The summed E-state index contributed by atoms with van der Waals surface area (Å²) in [5.74, 6) is 0.965. The van der Waals surface area contributed by atoms with E-state index in [9.17, 15) is 14.9 Å². The number of aryl methyl sites for hydroxylation is 2. The Labute approximate surface area is 116 Å². The van der Waals surface area contributed by atoms with Crippen molar-refractivity contribution in [2.75, 3.05) is 0 Å². The predicted octanol–water partition coefficient (Wildman–Crippen LogP) is 3.82. The van der Waals surface area contributed by atoms with Gasteiger partial charge in [0.2, 0.25) is 0 Å². The molecule has 20 heavy (non-hydrogen) atoms. The van der Waals surface area contributed by atoms with Crippen molar-refractivity contribution in [1.29, 1.82) is 0 Å². The number of para-hydroxylation sites is 1. The number of benzene rings is 2. The first kappa shape index (κ1) is 13.7. The normalized spacial score (nSPS) is 10.1. The molecule has 0 heterocycles. The van der Waals surface area contributed by atoms with Crippen LogP contribution in [0.2, 0.25) is 0 Å². The molecule has 102 valence electrons. The molecule has 0 saturated carbocycles. The third-order valence-corrected chi connectivity index (χ3v) is 2.95. The Bertz CT molecular complexity index is 659. The van der Waals surface area contributed by atoms with Crippen LogP contribution in [-0.4, -0.2) is 11.2 Å². The maximum Gasteiger partial charge on any atom is 0.270 e. The van der Waals surface area contributed by atoms with Crippen molar-refractivity contribution in [2.24, 2.45) is 0 Å². The van der Waals surface area contributed by atoms with E-state index < -0.39 is 4.92 Å². The van der Waals surface area contributed by atoms with Crippen LogP contribution in [0.4, 0.5) is 5.69 Å². The standard InChI is InChI=1S/C15H13NO4/c1-10-4-3-5-11(2)15(10)20-14-7-6-13(16(18)19)8-12(14)9-17/h3-9H,1-2H3. The molecule has 0 aliphatic heterocycles. The monoisotopic (exact) mass is 271 g/mol. The molecule has 0 saturated heterocycles. The number of nitrogens with zero attached hydrogens (tertiary/aromatic N) is 1. The first-order valence-electron chi connectivity index (χ1n) is 6.00. The lowest BCUT2D eigenvalue weighted by Crippen LogP contribution is -1.96. The smallest absolute Gasteiger partial charge is 0.270 e. The van der Waals surface area contributed by atoms with E-state index in [1.165, 1.54) is 18.2 Å². The molecule has 0 amide bonds. The molecule has 0 spiro atoms. The van der Waals surface area contributed by atoms with Crippen molar-refractivity contribution in [3.8, 4) is 11.5 Å². The van der Waals surface area contributed by atoms with Gasteiger partial charge in [-0.1, -0.05) is 18.2 Å². The van der Waals surface area contributed by atoms with Gasteiger partial charge in [-0.2, -0.15) is 0 Å². The van der Waals surface area contributed by atoms with Gasteiger partial charge in [-0.05, 0) is 31.0 Å². The molecule has 2 aromatic carbocycles. The zero-order valence-electron chi connectivity index (χ0n) is 11.1. The molecule has 0 aliphatic carbocycles. The van der Waals surface area contributed by atoms with E-state index in [1.54, 1.807) is 0 Å². The van der Waals surface area contributed by atoms with Gasteiger partial charge in [0, 0.05) is 12.1 Å². The van der Waals surface area contributed by atoms with Gasteiger partial charge >= 0.3 is 0 Å². The van der Waals surface area contributed by atoms with Crippen molar-refractivity contribution in [1.82, 2.24) is 0 Å². The Balaban J connectivity index is 2.44. The molecule has 5 heteroatoms. The quantitative estimate of drug-likeness (QED) is 0.481. The second kappa shape index (κ2) is 5.52. The average molecular weight is 271 g/mol. The maximum absolute atomic E-state index is 11.1. The summed E-state index contributed by atoms with van der Waals surface area (Å²) < 4.78 is 5.74. The number of aldehydes is 1. The lowest BCUT2D eigenvalue weighted by Gasteiger charge is -2.12. The van der Waals surface area contributed by atoms with Gasteiger partial charge in [-0.15, -0.1) is 0 Å². The summed E-state index contributed by atoms with van der Waals surface area (Å²) in [6.45, 7) is 3.79. The van der Waals surface area contributed by atoms with Crippen molar-refractivity contribution in [2.45, 2.75) is 13.8 Å². The topological polar surface area (TPSA) is 69.4 Å². The molecule has 0 radical (unpaired) electrons. The van der Waals surface area contributed by atoms with E-state index in [4.69, 9.17) is 4.74 Å². The van der Waals surface area contributed by atoms with Crippen LogP contribution >= 0.6 is 0 Å². The summed E-state index contributed by atoms with van der Waals surface area (Å²) in [5, 5.41) is 10.7. The highest BCUT2D eigenvalue weighted by Gasteiger charge is 2.13. The highest BCUT2D eigenvalue weighted by Crippen LogP contribution is 2.31. The fraction of sp³-hybridized carbons (Fsp3) is 0.133. The molecule has 0 N–H and O–H groups in total. The molecule has 0 bridgehead atoms. The predicted molar refractivity (Wildman–Crippen MR) is 74.5 cm³/mol. The SMILES string of the molecule is Cc1cccc(C)c1Oc1ccc([N+](=O)[O-])cc1C=O. The number of ether oxygens (including phenoxy) is 1. The largest absolute Gasteiger partial charge is 0.456 e. The van der Waals surface area contributed by atoms with Crippen molar-refractivity contribution in [3.63, 3.8) is 0 Å². The van der Waals surface area contributed by atoms with Crippen LogP contribution in [-0.2, 0) is 0 Å². The number of nitro groups is 1. The van der Waals surface area contributed by atoms with E-state index in [0.717, 1.165) is 11.1 Å². The van der Waals surface area contributed by atoms with E-state index >= 15 is 0 Å². The molecule has 0 aromatic heterocycles. The van der Waals surface area contributed by atoms with Crippen LogP contribution < -0.4 is 4.74 Å². The number of hydrogen-bond donors (Lipinski definition) is 0. The van der Waals surface area contributed by atoms with E-state index in [2.05, 4.69) is 0 Å². The van der Waals surface area contributed by atoms with Crippen molar-refractivity contribution >= 4 is 12.0 Å². The number of rotatable bonds is 4. The van der Waals surface area contributed by atoms with E-state index in [0.29, 0.717) is 17.8 Å². The highest BCUT2D eigenvalue weighted by molar-refractivity contribution is 5.81. The molecule has 0 atom stereocenters. The lowest BCUT2D eigenvalue weighted by molar-refractivity contribution is -0.384. The Morgan fingerprint density at radius 2 is 1.80 bits per heavy atom. The molecule has 0 fully saturated rings. The van der Waals surface area contributed by atoms with Gasteiger partial charge in [0.05, 0.1) is 10.5 Å². The number of non-ortho nitro benzene ring substituents is 1. The van der Waals surface area contributed by atoms with Crippen LogP contribution in [0, 0.1) is 24.0 Å². The second-order valence-electron chi connectivity index (χ2n) is 4.42. The summed E-state index contributed by atoms with van der Waals surface area (Å²) >= 11 is 0. The zero-order valence-corrected chi connectivity index (χ0v) is 11.1. The summed E-state index contributed by atoms with van der Waals surface area (Å²) in [6, 6.07) is 9.66. The highest BCUT2D eigenvalue weighted by atomic mass is 16.6. The minimum absolute atomic E-state index is 0.138. The fourth-order valence-electron chi connectivity index (χ4n) is 1.90. The lowest BCUT2D eigenvalue weighted by atomic mass is 10.1. The summed E-state index contributed by atoms with van der Waals surface area (Å²) in [4.78, 5) is 21.2. The van der Waals surface area contributed by atoms with Gasteiger partial charge in [0.1, 0.15) is 11.5 Å². The molecule has 5 nitrogen and oxygen atoms in total. The third kappa shape index (κ3) is 2.66. The number of hydrogen-bond acceptors (Lipinski definition) is 4. The van der Waals surface area contributed by atoms with Crippen LogP contribution in [0.25, 0.3) is 0 Å². The molecular weight excluding hydrogens is 258 g/mol. The second-order valence-corrected chi connectivity index (χ2v) is 4.42. The Hall–Kier alpha value is -2.69. The van der Waals surface area contributed by atoms with Gasteiger partial charge in [-0.3, -0.25) is 14.9 Å². The van der Waals surface area contributed by atoms with Gasteiger partial charge < -0.3 is 4.74 Å². The van der Waals surface area contributed by atoms with Crippen molar-refractivity contribution in [3.05, 3.63) is 63.2 Å². The Kier molecular flexibility index (Phi) is 3.79. The molecule has 0 aliphatic rings. The summed E-state index contributed by atoms with van der Waals surface area (Å²) in [6.07, 6.45) is 0.552. The fourth-order valence-corrected chi connectivity index (χ4v) is 1.90. The molecule has 0 unspecified atom stereocenters. The maximum atomic E-state index is 11.1. The first-order chi connectivity index (χ1) is 9.52. The van der Waals surface area contributed by atoms with Gasteiger partial charge in [-0.25, -0.2) is 0 Å². The van der Waals surface area contributed by atoms with Crippen molar-refractivity contribution < 1.29 is 14.5 Å². The zero-order chi connectivity index (χ0) is 14.7. The number of carbonyl (C=O) groups excluding carboxylic acids is 1. The van der Waals surface area contributed by atoms with Crippen LogP contribution in [0.15, 0.2) is 36.4 Å². The van der Waals surface area contributed by atoms with Gasteiger partial charge in [0.15, 0.2) is 6.29 Å². The minimum atomic E-state index is -0.546. The molecule has 2 rings (SSSR count). The summed E-state index contributed by atoms with van der Waals surface area (Å²) in [7, 11) is 0. The average Bonchev–Trinajstić information content (AvgIpc) is 2.43. The number of carbonyl (C=O) groups is 1. The molecular formula is C15H13NO4. The molecule has 2 aromatic rings. The number of nitro benzene ring substituents is 1. The van der Waals surface area contributed by atoms with Crippen LogP contribution in [0.1, 0.15) is 21.5 Å². The third-order valence-electron chi connectivity index (χ3n) is 2.95. The summed E-state index contributed by atoms with van der Waals surface area (Å²) in [5.41, 5.74) is 1.88. The Morgan fingerprint density at radius 1 is 1.15 bits per heavy atom. The van der Waals surface area contributed by atoms with Gasteiger partial charge in [0.25, 0.3) is 5.69 Å². The van der Waals surface area contributed by atoms with E-state index in [1.807, 2.05) is 32.0 Å². The van der Waals surface area contributed by atoms with Crippen LogP contribution in [0.3, 0.4) is 0 Å². The Morgan fingerprint density at radius 3 is 2.35 bits per heavy atom. The first-order valence-corrected chi connectivity index (χ1v) is 6.00. The van der Waals surface area contributed by atoms with Crippen LogP contribution in [0.5, 0.6) is 11.5 Å².